The highest BCUT2D eigenvalue weighted by Crippen LogP contribution is 2.41. The molecule has 0 saturated carbocycles. The van der Waals surface area contributed by atoms with E-state index in [2.05, 4.69) is 0 Å². The van der Waals surface area contributed by atoms with Crippen molar-refractivity contribution in [2.75, 3.05) is 6.61 Å². The quantitative estimate of drug-likeness (QED) is 0.570. The van der Waals surface area contributed by atoms with Crippen molar-refractivity contribution >= 4 is 11.8 Å². The van der Waals surface area contributed by atoms with Gasteiger partial charge in [-0.05, 0) is 31.9 Å². The number of aliphatic hydroxyl groups excluding tert-OH is 1. The third-order valence-electron chi connectivity index (χ3n) is 4.64. The van der Waals surface area contributed by atoms with Crippen LogP contribution in [0.5, 0.6) is 0 Å². The van der Waals surface area contributed by atoms with E-state index in [1.807, 2.05) is 65.0 Å². The third-order valence-corrected chi connectivity index (χ3v) is 4.64. The van der Waals surface area contributed by atoms with Crippen molar-refractivity contribution in [3.05, 3.63) is 58.7 Å². The second kappa shape index (κ2) is 9.48. The summed E-state index contributed by atoms with van der Waals surface area (Å²) in [6.07, 6.45) is 11.2. The molecule has 0 bridgehead atoms. The van der Waals surface area contributed by atoms with Crippen LogP contribution in [-0.4, -0.2) is 29.6 Å². The van der Waals surface area contributed by atoms with E-state index in [-0.39, 0.29) is 24.8 Å². The van der Waals surface area contributed by atoms with Gasteiger partial charge in [0.2, 0.25) is 0 Å². The van der Waals surface area contributed by atoms with Crippen LogP contribution in [0.1, 0.15) is 48.0 Å². The van der Waals surface area contributed by atoms with E-state index in [0.717, 1.165) is 22.3 Å². The Balaban J connectivity index is 3.05. The summed E-state index contributed by atoms with van der Waals surface area (Å²) in [5, 5.41) is 8.84. The Morgan fingerprint density at radius 1 is 1.23 bits per heavy atom. The van der Waals surface area contributed by atoms with Gasteiger partial charge in [-0.1, -0.05) is 61.4 Å². The lowest BCUT2D eigenvalue weighted by atomic mass is 9.70. The molecule has 142 valence electrons. The molecule has 1 aliphatic carbocycles. The zero-order chi connectivity index (χ0) is 19.9. The number of hydrogen-bond acceptors (Lipinski definition) is 4. The number of aliphatic hydroxyl groups is 1. The maximum absolute atomic E-state index is 12.3. The number of rotatable bonds is 6. The van der Waals surface area contributed by atoms with E-state index in [0.29, 0.717) is 0 Å². The van der Waals surface area contributed by atoms with Crippen LogP contribution in [0.4, 0.5) is 0 Å². The van der Waals surface area contributed by atoms with Gasteiger partial charge in [-0.15, -0.1) is 0 Å². The fourth-order valence-electron chi connectivity index (χ4n) is 2.95. The monoisotopic (exact) mass is 358 g/mol. The highest BCUT2D eigenvalue weighted by molar-refractivity contribution is 5.98. The molecule has 0 spiro atoms. The van der Waals surface area contributed by atoms with Gasteiger partial charge in [-0.25, -0.2) is 0 Å². The van der Waals surface area contributed by atoms with Crippen molar-refractivity contribution in [3.63, 3.8) is 0 Å². The van der Waals surface area contributed by atoms with Crippen molar-refractivity contribution in [1.82, 2.24) is 0 Å². The molecule has 0 aliphatic heterocycles. The lowest BCUT2D eigenvalue weighted by molar-refractivity contribution is -0.153. The molecule has 0 radical (unpaired) electrons. The number of hydrogen-bond donors (Lipinski definition) is 1. The summed E-state index contributed by atoms with van der Waals surface area (Å²) < 4.78 is 5.40. The normalized spacial score (nSPS) is 21.8. The van der Waals surface area contributed by atoms with Crippen molar-refractivity contribution in [2.24, 2.45) is 5.41 Å². The van der Waals surface area contributed by atoms with Crippen LogP contribution in [0, 0.1) is 5.41 Å². The highest BCUT2D eigenvalue weighted by Gasteiger charge is 2.41. The van der Waals surface area contributed by atoms with Crippen molar-refractivity contribution in [1.29, 1.82) is 0 Å². The average Bonchev–Trinajstić information content (AvgIpc) is 2.52. The molecule has 1 rings (SSSR count). The van der Waals surface area contributed by atoms with E-state index in [9.17, 15) is 9.59 Å². The van der Waals surface area contributed by atoms with E-state index in [1.165, 1.54) is 6.92 Å². The first-order valence-corrected chi connectivity index (χ1v) is 8.82. The van der Waals surface area contributed by atoms with E-state index >= 15 is 0 Å². The van der Waals surface area contributed by atoms with Gasteiger partial charge in [0.1, 0.15) is 6.10 Å². The summed E-state index contributed by atoms with van der Waals surface area (Å²) in [6, 6.07) is 0. The summed E-state index contributed by atoms with van der Waals surface area (Å²) >= 11 is 0. The molecule has 0 fully saturated rings. The number of carbonyl (C=O) groups excluding carboxylic acids is 2. The molecule has 1 N–H and O–H groups in total. The highest BCUT2D eigenvalue weighted by atomic mass is 16.5. The molecule has 0 aromatic heterocycles. The Morgan fingerprint density at radius 3 is 2.46 bits per heavy atom. The lowest BCUT2D eigenvalue weighted by Crippen LogP contribution is -2.41. The molecular formula is C22H30O4. The van der Waals surface area contributed by atoms with E-state index in [1.54, 1.807) is 6.08 Å². The SMILES string of the molecule is CC(=O)OC1CC(=O)C(C)=C(C=CC(C)=CC=CC(C)=CCO)C1(C)C. The first kappa shape index (κ1) is 21.8. The number of allylic oxidation sites excluding steroid dienone is 8. The predicted octanol–water partition coefficient (Wildman–Crippen LogP) is 4.23. The molecule has 4 heteroatoms. The van der Waals surface area contributed by atoms with Crippen molar-refractivity contribution in [3.8, 4) is 0 Å². The Morgan fingerprint density at radius 2 is 1.88 bits per heavy atom. The summed E-state index contributed by atoms with van der Waals surface area (Å²) in [4.78, 5) is 23.7. The maximum atomic E-state index is 12.3. The molecule has 26 heavy (non-hydrogen) atoms. The topological polar surface area (TPSA) is 63.6 Å². The van der Waals surface area contributed by atoms with Gasteiger partial charge in [-0.3, -0.25) is 9.59 Å². The van der Waals surface area contributed by atoms with Crippen LogP contribution < -0.4 is 0 Å². The van der Waals surface area contributed by atoms with Gasteiger partial charge in [0.15, 0.2) is 5.78 Å². The molecule has 0 heterocycles. The standard InChI is InChI=1S/C22H30O4/c1-15(8-7-9-16(2)12-13-23)10-11-19-17(3)20(25)14-21(22(19,5)6)26-18(4)24/h7-12,21,23H,13-14H2,1-6H3. The van der Waals surface area contributed by atoms with Gasteiger partial charge < -0.3 is 9.84 Å². The first-order chi connectivity index (χ1) is 12.1. The second-order valence-corrected chi connectivity index (χ2v) is 7.22. The van der Waals surface area contributed by atoms with Crippen LogP contribution in [0.3, 0.4) is 0 Å². The van der Waals surface area contributed by atoms with Crippen LogP contribution in [-0.2, 0) is 14.3 Å². The zero-order valence-electron chi connectivity index (χ0n) is 16.6. The Bertz CT molecular complexity index is 700. The minimum atomic E-state index is -0.452. The van der Waals surface area contributed by atoms with Crippen LogP contribution in [0.25, 0.3) is 0 Å². The first-order valence-electron chi connectivity index (χ1n) is 8.82. The fraction of sp³-hybridized carbons (Fsp3) is 0.455. The Hall–Kier alpha value is -2.20. The van der Waals surface area contributed by atoms with Crippen LogP contribution in [0.15, 0.2) is 58.7 Å². The molecular weight excluding hydrogens is 328 g/mol. The molecule has 0 saturated heterocycles. The number of carbonyl (C=O) groups is 2. The predicted molar refractivity (Wildman–Crippen MR) is 105 cm³/mol. The molecule has 1 atom stereocenters. The molecule has 1 unspecified atom stereocenters. The van der Waals surface area contributed by atoms with Gasteiger partial charge >= 0.3 is 5.97 Å². The second-order valence-electron chi connectivity index (χ2n) is 7.22. The number of ketones is 1. The van der Waals surface area contributed by atoms with Gasteiger partial charge in [0, 0.05) is 18.8 Å². The molecule has 4 nitrogen and oxygen atoms in total. The average molecular weight is 358 g/mol. The van der Waals surface area contributed by atoms with E-state index < -0.39 is 11.5 Å². The lowest BCUT2D eigenvalue weighted by Gasteiger charge is -2.39. The molecule has 1 aliphatic rings. The van der Waals surface area contributed by atoms with Crippen molar-refractivity contribution < 1.29 is 19.4 Å². The van der Waals surface area contributed by atoms with Gasteiger partial charge in [-0.2, -0.15) is 0 Å². The van der Waals surface area contributed by atoms with Gasteiger partial charge in [0.25, 0.3) is 0 Å². The Labute approximate surface area is 156 Å². The summed E-state index contributed by atoms with van der Waals surface area (Å²) in [5.74, 6) is -0.354. The number of ether oxygens (including phenoxy) is 1. The van der Waals surface area contributed by atoms with Crippen LogP contribution >= 0.6 is 0 Å². The van der Waals surface area contributed by atoms with Crippen LogP contribution in [0.2, 0.25) is 0 Å². The third kappa shape index (κ3) is 5.95. The fourth-order valence-corrected chi connectivity index (χ4v) is 2.95. The zero-order valence-corrected chi connectivity index (χ0v) is 16.6. The Kier molecular flexibility index (Phi) is 7.97. The van der Waals surface area contributed by atoms with E-state index in [4.69, 9.17) is 9.84 Å². The number of esters is 1. The molecule has 0 amide bonds. The van der Waals surface area contributed by atoms with Crippen molar-refractivity contribution in [2.45, 2.75) is 54.1 Å². The number of Topliss-reactive ketones (excluding diaryl/α,β-unsaturated/α-hetero) is 1. The maximum Gasteiger partial charge on any atom is 0.302 e. The smallest absolute Gasteiger partial charge is 0.302 e. The molecule has 0 aromatic carbocycles. The summed E-state index contributed by atoms with van der Waals surface area (Å²) in [7, 11) is 0. The van der Waals surface area contributed by atoms with Gasteiger partial charge in [0.05, 0.1) is 6.61 Å². The minimum absolute atomic E-state index is 0.0153. The molecule has 0 aromatic rings. The summed E-state index contributed by atoms with van der Waals surface area (Å²) in [5.41, 5.74) is 3.20. The largest absolute Gasteiger partial charge is 0.461 e. The minimum Gasteiger partial charge on any atom is -0.461 e. The summed E-state index contributed by atoms with van der Waals surface area (Å²) in [6.45, 7) is 11.1.